The summed E-state index contributed by atoms with van der Waals surface area (Å²) in [5, 5.41) is 2.87. The van der Waals surface area contributed by atoms with Crippen LogP contribution in [0.1, 0.15) is 15.9 Å². The average Bonchev–Trinajstić information content (AvgIpc) is 2.79. The van der Waals surface area contributed by atoms with Gasteiger partial charge in [0, 0.05) is 16.9 Å². The van der Waals surface area contributed by atoms with Gasteiger partial charge in [-0.15, -0.1) is 0 Å². The number of nitrogens with zero attached hydrogens (tertiary/aromatic N) is 1. The summed E-state index contributed by atoms with van der Waals surface area (Å²) in [6.45, 7) is 1.83. The summed E-state index contributed by atoms with van der Waals surface area (Å²) in [5.74, 6) is -1.69. The van der Waals surface area contributed by atoms with E-state index < -0.39 is 11.9 Å². The molecule has 3 rings (SSSR count). The van der Waals surface area contributed by atoms with Crippen molar-refractivity contribution in [3.8, 4) is 0 Å². The molecule has 30 heavy (non-hydrogen) atoms. The zero-order valence-electron chi connectivity index (χ0n) is 16.9. The molecular formula is C22H22N2O6. The molecule has 0 bridgehead atoms. The Balaban J connectivity index is 1.95. The number of carbonyl (C=O) groups is 3. The Morgan fingerprint density at radius 2 is 1.73 bits per heavy atom. The van der Waals surface area contributed by atoms with Crippen LogP contribution in [0.15, 0.2) is 59.8 Å². The van der Waals surface area contributed by atoms with E-state index in [0.29, 0.717) is 16.9 Å². The van der Waals surface area contributed by atoms with Crippen LogP contribution in [0.2, 0.25) is 0 Å². The summed E-state index contributed by atoms with van der Waals surface area (Å²) in [6, 6.07) is 14.1. The van der Waals surface area contributed by atoms with Gasteiger partial charge < -0.3 is 24.4 Å². The van der Waals surface area contributed by atoms with Crippen LogP contribution in [0.3, 0.4) is 0 Å². The second-order valence-electron chi connectivity index (χ2n) is 6.54. The molecular weight excluding hydrogens is 388 g/mol. The number of benzene rings is 2. The molecule has 0 unspecified atom stereocenters. The Kier molecular flexibility index (Phi) is 6.48. The summed E-state index contributed by atoms with van der Waals surface area (Å²) >= 11 is 0. The quantitative estimate of drug-likeness (QED) is 0.758. The Morgan fingerprint density at radius 3 is 2.43 bits per heavy atom. The van der Waals surface area contributed by atoms with Crippen molar-refractivity contribution >= 4 is 29.2 Å². The lowest BCUT2D eigenvalue weighted by atomic mass is 10.1. The Labute approximate surface area is 174 Å². The van der Waals surface area contributed by atoms with E-state index in [4.69, 9.17) is 14.2 Å². The maximum Gasteiger partial charge on any atom is 0.355 e. The minimum Gasteiger partial charge on any atom is -0.466 e. The fourth-order valence-corrected chi connectivity index (χ4v) is 3.07. The number of hydrogen-bond acceptors (Lipinski definition) is 7. The maximum absolute atomic E-state index is 12.8. The summed E-state index contributed by atoms with van der Waals surface area (Å²) in [5.41, 5.74) is 2.58. The zero-order valence-corrected chi connectivity index (χ0v) is 16.9. The van der Waals surface area contributed by atoms with Crippen LogP contribution in [-0.2, 0) is 23.8 Å². The molecule has 0 fully saturated rings. The van der Waals surface area contributed by atoms with Gasteiger partial charge in [0.15, 0.2) is 0 Å². The van der Waals surface area contributed by atoms with E-state index in [1.54, 1.807) is 24.3 Å². The third-order valence-electron chi connectivity index (χ3n) is 4.65. The van der Waals surface area contributed by atoms with Gasteiger partial charge in [-0.3, -0.25) is 4.79 Å². The van der Waals surface area contributed by atoms with Crippen molar-refractivity contribution in [2.24, 2.45) is 0 Å². The average molecular weight is 410 g/mol. The maximum atomic E-state index is 12.8. The highest BCUT2D eigenvalue weighted by molar-refractivity contribution is 6.06. The van der Waals surface area contributed by atoms with Gasteiger partial charge in [-0.25, -0.2) is 9.59 Å². The number of carbonyl (C=O) groups excluding carboxylic acids is 3. The van der Waals surface area contributed by atoms with Crippen molar-refractivity contribution in [1.82, 2.24) is 0 Å². The number of hydrogen-bond donors (Lipinski definition) is 1. The van der Waals surface area contributed by atoms with Gasteiger partial charge in [-0.2, -0.15) is 0 Å². The summed E-state index contributed by atoms with van der Waals surface area (Å²) in [4.78, 5) is 38.8. The smallest absolute Gasteiger partial charge is 0.355 e. The number of para-hydroxylation sites is 1. The third-order valence-corrected chi connectivity index (χ3v) is 4.65. The molecule has 0 saturated carbocycles. The minimum atomic E-state index is -0.700. The molecule has 1 aliphatic rings. The highest BCUT2D eigenvalue weighted by Gasteiger charge is 2.32. The molecule has 0 spiro atoms. The van der Waals surface area contributed by atoms with Gasteiger partial charge in [0.1, 0.15) is 12.4 Å². The van der Waals surface area contributed by atoms with Crippen LogP contribution in [0.25, 0.3) is 0 Å². The number of ether oxygens (including phenoxy) is 3. The Morgan fingerprint density at radius 1 is 1.00 bits per heavy atom. The first kappa shape index (κ1) is 21.1. The SMILES string of the molecule is COC(=O)C1=C(C(=O)OC)N(c2cccc(C(=O)Nc3ccccc3C)c2)COC1. The van der Waals surface area contributed by atoms with Crippen molar-refractivity contribution in [3.05, 3.63) is 70.9 Å². The van der Waals surface area contributed by atoms with Gasteiger partial charge >= 0.3 is 11.9 Å². The molecule has 8 nitrogen and oxygen atoms in total. The Hall–Kier alpha value is -3.65. The summed E-state index contributed by atoms with van der Waals surface area (Å²) in [6.07, 6.45) is 0. The number of esters is 2. The van der Waals surface area contributed by atoms with E-state index in [1.807, 2.05) is 31.2 Å². The number of aryl methyl sites for hydroxylation is 1. The van der Waals surface area contributed by atoms with Crippen molar-refractivity contribution in [2.45, 2.75) is 6.92 Å². The van der Waals surface area contributed by atoms with Crippen molar-refractivity contribution in [1.29, 1.82) is 0 Å². The first-order valence-electron chi connectivity index (χ1n) is 9.18. The lowest BCUT2D eigenvalue weighted by Gasteiger charge is -2.31. The molecule has 2 aromatic carbocycles. The number of nitrogens with one attached hydrogen (secondary N) is 1. The number of rotatable bonds is 5. The normalized spacial score (nSPS) is 13.6. The van der Waals surface area contributed by atoms with Crippen LogP contribution in [-0.4, -0.2) is 45.4 Å². The van der Waals surface area contributed by atoms with Crippen molar-refractivity contribution < 1.29 is 28.6 Å². The van der Waals surface area contributed by atoms with Crippen LogP contribution in [0.5, 0.6) is 0 Å². The van der Waals surface area contributed by atoms with E-state index in [1.165, 1.54) is 19.1 Å². The summed E-state index contributed by atoms with van der Waals surface area (Å²) in [7, 11) is 2.45. The molecule has 0 aromatic heterocycles. The van der Waals surface area contributed by atoms with E-state index in [9.17, 15) is 14.4 Å². The minimum absolute atomic E-state index is 0.00773. The highest BCUT2D eigenvalue weighted by Crippen LogP contribution is 2.27. The van der Waals surface area contributed by atoms with Crippen molar-refractivity contribution in [3.63, 3.8) is 0 Å². The molecule has 0 aliphatic carbocycles. The molecule has 1 amide bonds. The molecule has 1 N–H and O–H groups in total. The second-order valence-corrected chi connectivity index (χ2v) is 6.54. The molecule has 8 heteroatoms. The van der Waals surface area contributed by atoms with Gasteiger partial charge in [0.25, 0.3) is 5.91 Å². The van der Waals surface area contributed by atoms with Crippen LogP contribution in [0, 0.1) is 6.92 Å². The van der Waals surface area contributed by atoms with Crippen LogP contribution < -0.4 is 10.2 Å². The first-order chi connectivity index (χ1) is 14.5. The lowest BCUT2D eigenvalue weighted by molar-refractivity contribution is -0.140. The predicted molar refractivity (Wildman–Crippen MR) is 110 cm³/mol. The van der Waals surface area contributed by atoms with Gasteiger partial charge in [-0.05, 0) is 36.8 Å². The predicted octanol–water partition coefficient (Wildman–Crippen LogP) is 2.64. The van der Waals surface area contributed by atoms with Crippen LogP contribution in [0.4, 0.5) is 11.4 Å². The van der Waals surface area contributed by atoms with Crippen LogP contribution >= 0.6 is 0 Å². The van der Waals surface area contributed by atoms with E-state index >= 15 is 0 Å². The summed E-state index contributed by atoms with van der Waals surface area (Å²) < 4.78 is 15.1. The second kappa shape index (κ2) is 9.23. The fourth-order valence-electron chi connectivity index (χ4n) is 3.07. The third kappa shape index (κ3) is 4.33. The number of amides is 1. The first-order valence-corrected chi connectivity index (χ1v) is 9.18. The van der Waals surface area contributed by atoms with Crippen molar-refractivity contribution in [2.75, 3.05) is 37.8 Å². The number of anilines is 2. The monoisotopic (exact) mass is 410 g/mol. The number of methoxy groups -OCH3 is 2. The molecule has 0 radical (unpaired) electrons. The zero-order chi connectivity index (χ0) is 21.7. The van der Waals surface area contributed by atoms with E-state index in [-0.39, 0.29) is 30.5 Å². The van der Waals surface area contributed by atoms with Gasteiger partial charge in [-0.1, -0.05) is 24.3 Å². The highest BCUT2D eigenvalue weighted by atomic mass is 16.5. The molecule has 0 saturated heterocycles. The Bertz CT molecular complexity index is 1010. The fraction of sp³-hybridized carbons (Fsp3) is 0.227. The molecule has 2 aromatic rings. The van der Waals surface area contributed by atoms with E-state index in [2.05, 4.69) is 5.32 Å². The molecule has 1 heterocycles. The largest absolute Gasteiger partial charge is 0.466 e. The molecule has 156 valence electrons. The molecule has 0 atom stereocenters. The lowest BCUT2D eigenvalue weighted by Crippen LogP contribution is -2.38. The van der Waals surface area contributed by atoms with Gasteiger partial charge in [0.05, 0.1) is 26.4 Å². The standard InChI is InChI=1S/C22H22N2O6/c1-14-7-4-5-10-18(14)23-20(25)15-8-6-9-16(11-15)24-13-30-12-17(21(26)28-2)19(24)22(27)29-3/h4-11H,12-13H2,1-3H3,(H,23,25). The topological polar surface area (TPSA) is 94.2 Å². The van der Waals surface area contributed by atoms with Gasteiger partial charge in [0.2, 0.25) is 0 Å². The molecule has 1 aliphatic heterocycles. The van der Waals surface area contributed by atoms with E-state index in [0.717, 1.165) is 5.56 Å².